The van der Waals surface area contributed by atoms with Gasteiger partial charge in [0, 0.05) is 24.2 Å². The van der Waals surface area contributed by atoms with E-state index in [-0.39, 0.29) is 0 Å². The van der Waals surface area contributed by atoms with E-state index in [4.69, 9.17) is 0 Å². The van der Waals surface area contributed by atoms with Crippen molar-refractivity contribution in [3.63, 3.8) is 0 Å². The summed E-state index contributed by atoms with van der Waals surface area (Å²) >= 11 is 1.65. The Bertz CT molecular complexity index is 546. The van der Waals surface area contributed by atoms with Crippen LogP contribution in [0.4, 0.5) is 13.2 Å². The fourth-order valence-electron chi connectivity index (χ4n) is 1.73. The third-order valence-electron chi connectivity index (χ3n) is 2.81. The number of nitrogens with zero attached hydrogens (tertiary/aromatic N) is 1. The van der Waals surface area contributed by atoms with Crippen LogP contribution < -0.4 is 5.32 Å². The van der Waals surface area contributed by atoms with E-state index in [1.165, 1.54) is 12.1 Å². The minimum absolute atomic E-state index is 0.539. The van der Waals surface area contributed by atoms with E-state index in [1.54, 1.807) is 11.3 Å². The Hall–Kier alpha value is -1.40. The molecule has 1 aromatic carbocycles. The third-order valence-corrected chi connectivity index (χ3v) is 3.96. The van der Waals surface area contributed by atoms with Crippen LogP contribution >= 0.6 is 11.3 Å². The lowest BCUT2D eigenvalue weighted by atomic mass is 10.1. The molecule has 0 fully saturated rings. The summed E-state index contributed by atoms with van der Waals surface area (Å²) in [4.78, 5) is 5.39. The lowest BCUT2D eigenvalue weighted by molar-refractivity contribution is -0.137. The van der Waals surface area contributed by atoms with E-state index in [9.17, 15) is 13.2 Å². The van der Waals surface area contributed by atoms with Crippen LogP contribution in [-0.2, 0) is 25.7 Å². The van der Waals surface area contributed by atoms with Crippen LogP contribution in [0.25, 0.3) is 0 Å². The number of aryl methyl sites for hydroxylation is 1. The normalized spacial score (nSPS) is 11.8. The molecule has 0 saturated carbocycles. The van der Waals surface area contributed by atoms with E-state index in [0.717, 1.165) is 34.0 Å². The van der Waals surface area contributed by atoms with Gasteiger partial charge in [0.05, 0.1) is 10.6 Å². The highest BCUT2D eigenvalue weighted by atomic mass is 32.1. The summed E-state index contributed by atoms with van der Waals surface area (Å²) in [5, 5.41) is 4.30. The first-order valence-corrected chi connectivity index (χ1v) is 7.11. The van der Waals surface area contributed by atoms with Crippen molar-refractivity contribution in [1.29, 1.82) is 0 Å². The highest BCUT2D eigenvalue weighted by Gasteiger charge is 2.29. The lowest BCUT2D eigenvalue weighted by Crippen LogP contribution is -2.12. The average molecular weight is 300 g/mol. The summed E-state index contributed by atoms with van der Waals surface area (Å²) in [5.41, 5.74) is 0.217. The monoisotopic (exact) mass is 300 g/mol. The van der Waals surface area contributed by atoms with Gasteiger partial charge in [0.15, 0.2) is 0 Å². The van der Waals surface area contributed by atoms with Gasteiger partial charge >= 0.3 is 6.18 Å². The van der Waals surface area contributed by atoms with Gasteiger partial charge in [-0.05, 0) is 24.1 Å². The fraction of sp³-hybridized carbons (Fsp3) is 0.357. The predicted molar refractivity (Wildman–Crippen MR) is 73.5 cm³/mol. The van der Waals surface area contributed by atoms with E-state index >= 15 is 0 Å². The quantitative estimate of drug-likeness (QED) is 0.902. The molecular formula is C14H15F3N2S. The SMILES string of the molecule is CCc1ncc(CNCc2ccc(C(F)(F)F)cc2)s1. The van der Waals surface area contributed by atoms with Gasteiger partial charge in [0.2, 0.25) is 0 Å². The highest BCUT2D eigenvalue weighted by Crippen LogP contribution is 2.29. The molecule has 0 aliphatic heterocycles. The number of rotatable bonds is 5. The molecule has 0 amide bonds. The van der Waals surface area contributed by atoms with Gasteiger partial charge in [-0.25, -0.2) is 4.98 Å². The highest BCUT2D eigenvalue weighted by molar-refractivity contribution is 7.11. The number of nitrogens with one attached hydrogen (secondary N) is 1. The number of thiazole rings is 1. The summed E-state index contributed by atoms with van der Waals surface area (Å²) in [6.45, 7) is 3.27. The first-order valence-electron chi connectivity index (χ1n) is 6.29. The Kier molecular flexibility index (Phi) is 4.77. The number of alkyl halides is 3. The average Bonchev–Trinajstić information content (AvgIpc) is 2.86. The van der Waals surface area contributed by atoms with Crippen LogP contribution in [0.5, 0.6) is 0 Å². The molecule has 6 heteroatoms. The summed E-state index contributed by atoms with van der Waals surface area (Å²) < 4.78 is 37.2. The Morgan fingerprint density at radius 2 is 1.85 bits per heavy atom. The Morgan fingerprint density at radius 1 is 1.15 bits per heavy atom. The van der Waals surface area contributed by atoms with E-state index < -0.39 is 11.7 Å². The molecule has 20 heavy (non-hydrogen) atoms. The largest absolute Gasteiger partial charge is 0.416 e. The molecule has 2 aromatic rings. The van der Waals surface area contributed by atoms with E-state index in [2.05, 4.69) is 17.2 Å². The Labute approximate surface area is 119 Å². The van der Waals surface area contributed by atoms with Gasteiger partial charge in [-0.1, -0.05) is 19.1 Å². The van der Waals surface area contributed by atoms with Crippen molar-refractivity contribution in [3.8, 4) is 0 Å². The number of hydrogen-bond acceptors (Lipinski definition) is 3. The molecule has 0 aliphatic carbocycles. The van der Waals surface area contributed by atoms with Gasteiger partial charge < -0.3 is 5.32 Å². The topological polar surface area (TPSA) is 24.9 Å². The molecule has 0 saturated heterocycles. The van der Waals surface area contributed by atoms with Crippen LogP contribution in [0, 0.1) is 0 Å². The van der Waals surface area contributed by atoms with Crippen LogP contribution in [0.1, 0.15) is 27.9 Å². The van der Waals surface area contributed by atoms with Gasteiger partial charge in [0.1, 0.15) is 0 Å². The molecule has 1 aromatic heterocycles. The van der Waals surface area contributed by atoms with Crippen molar-refractivity contribution in [2.75, 3.05) is 0 Å². The van der Waals surface area contributed by atoms with Crippen molar-refractivity contribution < 1.29 is 13.2 Å². The molecule has 0 bridgehead atoms. The van der Waals surface area contributed by atoms with Crippen molar-refractivity contribution >= 4 is 11.3 Å². The van der Waals surface area contributed by atoms with Crippen molar-refractivity contribution in [1.82, 2.24) is 10.3 Å². The summed E-state index contributed by atoms with van der Waals surface area (Å²) in [6.07, 6.45) is -1.52. The minimum atomic E-state index is -4.27. The number of halogens is 3. The maximum absolute atomic E-state index is 12.4. The van der Waals surface area contributed by atoms with Gasteiger partial charge in [0.25, 0.3) is 0 Å². The van der Waals surface area contributed by atoms with Crippen molar-refractivity contribution in [3.05, 3.63) is 51.5 Å². The molecule has 0 atom stereocenters. The summed E-state index contributed by atoms with van der Waals surface area (Å²) in [6, 6.07) is 5.22. The second-order valence-electron chi connectivity index (χ2n) is 4.37. The van der Waals surface area contributed by atoms with Crippen molar-refractivity contribution in [2.24, 2.45) is 0 Å². The first-order chi connectivity index (χ1) is 9.49. The van der Waals surface area contributed by atoms with Crippen molar-refractivity contribution in [2.45, 2.75) is 32.6 Å². The molecular weight excluding hydrogens is 285 g/mol. The summed E-state index contributed by atoms with van der Waals surface area (Å²) in [5.74, 6) is 0. The van der Waals surface area contributed by atoms with Crippen LogP contribution in [0.3, 0.4) is 0 Å². The molecule has 108 valence electrons. The van der Waals surface area contributed by atoms with Crippen LogP contribution in [0.2, 0.25) is 0 Å². The number of benzene rings is 1. The van der Waals surface area contributed by atoms with Crippen LogP contribution in [-0.4, -0.2) is 4.98 Å². The molecule has 1 heterocycles. The molecule has 2 rings (SSSR count). The van der Waals surface area contributed by atoms with E-state index in [0.29, 0.717) is 13.1 Å². The zero-order valence-corrected chi connectivity index (χ0v) is 11.8. The second kappa shape index (κ2) is 6.37. The standard InChI is InChI=1S/C14H15F3N2S/c1-2-13-19-9-12(20-13)8-18-7-10-3-5-11(6-4-10)14(15,16)17/h3-6,9,18H,2,7-8H2,1H3. The zero-order chi connectivity index (χ0) is 14.6. The van der Waals surface area contributed by atoms with Gasteiger partial charge in [-0.3, -0.25) is 0 Å². The number of hydrogen-bond donors (Lipinski definition) is 1. The van der Waals surface area contributed by atoms with Gasteiger partial charge in [-0.15, -0.1) is 11.3 Å². The molecule has 2 nitrogen and oxygen atoms in total. The van der Waals surface area contributed by atoms with Gasteiger partial charge in [-0.2, -0.15) is 13.2 Å². The first kappa shape index (κ1) is 15.0. The molecule has 1 N–H and O–H groups in total. The molecule has 0 unspecified atom stereocenters. The zero-order valence-electron chi connectivity index (χ0n) is 11.0. The number of aromatic nitrogens is 1. The van der Waals surface area contributed by atoms with Crippen LogP contribution in [0.15, 0.2) is 30.5 Å². The second-order valence-corrected chi connectivity index (χ2v) is 5.57. The third kappa shape index (κ3) is 4.05. The maximum Gasteiger partial charge on any atom is 0.416 e. The predicted octanol–water partition coefficient (Wildman–Crippen LogP) is 4.01. The lowest BCUT2D eigenvalue weighted by Gasteiger charge is -2.08. The fourth-order valence-corrected chi connectivity index (χ4v) is 2.57. The molecule has 0 spiro atoms. The Balaban J connectivity index is 1.85. The minimum Gasteiger partial charge on any atom is -0.308 e. The molecule has 0 aliphatic rings. The smallest absolute Gasteiger partial charge is 0.308 e. The molecule has 0 radical (unpaired) electrons. The Morgan fingerprint density at radius 3 is 2.40 bits per heavy atom. The summed E-state index contributed by atoms with van der Waals surface area (Å²) in [7, 11) is 0. The van der Waals surface area contributed by atoms with E-state index in [1.807, 2.05) is 6.20 Å². The maximum atomic E-state index is 12.4.